The van der Waals surface area contributed by atoms with E-state index in [4.69, 9.17) is 0 Å². The van der Waals surface area contributed by atoms with E-state index in [-0.39, 0.29) is 5.78 Å². The van der Waals surface area contributed by atoms with Crippen LogP contribution in [0.4, 0.5) is 0 Å². The zero-order chi connectivity index (χ0) is 16.4. The molecule has 1 N–H and O–H groups in total. The summed E-state index contributed by atoms with van der Waals surface area (Å²) < 4.78 is 1.85. The smallest absolute Gasteiger partial charge is 0.179 e. The minimum absolute atomic E-state index is 0.0215. The SMILES string of the molecule is CCn1nc(C(C)=O)cc1CSc1cc(O)c2ccccc2c1. The molecule has 5 heteroatoms. The van der Waals surface area contributed by atoms with Crippen molar-refractivity contribution >= 4 is 28.3 Å². The minimum atomic E-state index is -0.0215. The van der Waals surface area contributed by atoms with Crippen molar-refractivity contribution in [2.75, 3.05) is 0 Å². The van der Waals surface area contributed by atoms with Gasteiger partial charge in [0.25, 0.3) is 0 Å². The molecule has 0 spiro atoms. The van der Waals surface area contributed by atoms with Gasteiger partial charge < -0.3 is 5.11 Å². The maximum atomic E-state index is 11.5. The highest BCUT2D eigenvalue weighted by molar-refractivity contribution is 7.98. The lowest BCUT2D eigenvalue weighted by atomic mass is 10.1. The van der Waals surface area contributed by atoms with Crippen LogP contribution in [0.15, 0.2) is 47.4 Å². The van der Waals surface area contributed by atoms with Crippen molar-refractivity contribution in [2.45, 2.75) is 31.0 Å². The first-order chi connectivity index (χ1) is 11.1. The van der Waals surface area contributed by atoms with Crippen molar-refractivity contribution in [3.63, 3.8) is 0 Å². The summed E-state index contributed by atoms with van der Waals surface area (Å²) in [5, 5.41) is 16.3. The fourth-order valence-corrected chi connectivity index (χ4v) is 3.47. The quantitative estimate of drug-likeness (QED) is 0.562. The highest BCUT2D eigenvalue weighted by Gasteiger charge is 2.11. The van der Waals surface area contributed by atoms with Crippen molar-refractivity contribution < 1.29 is 9.90 Å². The van der Waals surface area contributed by atoms with E-state index in [2.05, 4.69) is 11.2 Å². The average Bonchev–Trinajstić information content (AvgIpc) is 2.96. The summed E-state index contributed by atoms with van der Waals surface area (Å²) in [4.78, 5) is 12.5. The van der Waals surface area contributed by atoms with Gasteiger partial charge in [0.1, 0.15) is 11.4 Å². The number of fused-ring (bicyclic) bond motifs is 1. The van der Waals surface area contributed by atoms with Crippen LogP contribution in [0.5, 0.6) is 5.75 Å². The molecule has 0 amide bonds. The van der Waals surface area contributed by atoms with Gasteiger partial charge in [0.2, 0.25) is 0 Å². The molecule has 0 saturated carbocycles. The number of phenols is 1. The standard InChI is InChI=1S/C18H18N2O2S/c1-3-20-14(9-17(19-20)12(2)21)11-23-15-8-13-6-4-5-7-16(13)18(22)10-15/h4-10,22H,3,11H2,1-2H3. The monoisotopic (exact) mass is 326 g/mol. The van der Waals surface area contributed by atoms with E-state index < -0.39 is 0 Å². The second kappa shape index (κ2) is 6.46. The van der Waals surface area contributed by atoms with Crippen molar-refractivity contribution in [2.24, 2.45) is 0 Å². The average molecular weight is 326 g/mol. The number of aromatic hydroxyl groups is 1. The second-order valence-corrected chi connectivity index (χ2v) is 6.39. The Morgan fingerprint density at radius 3 is 2.78 bits per heavy atom. The molecule has 1 aromatic heterocycles. The van der Waals surface area contributed by atoms with Gasteiger partial charge in [0.05, 0.1) is 0 Å². The molecule has 4 nitrogen and oxygen atoms in total. The molecule has 0 atom stereocenters. The van der Waals surface area contributed by atoms with Crippen molar-refractivity contribution in [1.82, 2.24) is 9.78 Å². The summed E-state index contributed by atoms with van der Waals surface area (Å²) in [5.41, 5.74) is 1.51. The lowest BCUT2D eigenvalue weighted by molar-refractivity contribution is 0.101. The van der Waals surface area contributed by atoms with Crippen LogP contribution in [-0.2, 0) is 12.3 Å². The van der Waals surface area contributed by atoms with Gasteiger partial charge >= 0.3 is 0 Å². The number of hydrogen-bond donors (Lipinski definition) is 1. The fourth-order valence-electron chi connectivity index (χ4n) is 2.52. The van der Waals surface area contributed by atoms with Crippen LogP contribution in [0, 0.1) is 0 Å². The Balaban J connectivity index is 1.85. The summed E-state index contributed by atoms with van der Waals surface area (Å²) in [7, 11) is 0. The Labute approximate surface area is 139 Å². The normalized spacial score (nSPS) is 11.0. The Hall–Kier alpha value is -2.27. The molecular weight excluding hydrogens is 308 g/mol. The maximum absolute atomic E-state index is 11.5. The van der Waals surface area contributed by atoms with Gasteiger partial charge in [-0.2, -0.15) is 5.10 Å². The number of thioether (sulfide) groups is 1. The van der Waals surface area contributed by atoms with Gasteiger partial charge in [-0.1, -0.05) is 24.3 Å². The van der Waals surface area contributed by atoms with Gasteiger partial charge in [-0.05, 0) is 30.5 Å². The van der Waals surface area contributed by atoms with Crippen LogP contribution in [0.25, 0.3) is 10.8 Å². The van der Waals surface area contributed by atoms with Crippen molar-refractivity contribution in [3.05, 3.63) is 53.9 Å². The van der Waals surface area contributed by atoms with E-state index in [0.717, 1.165) is 27.9 Å². The Morgan fingerprint density at radius 2 is 2.04 bits per heavy atom. The number of hydrogen-bond acceptors (Lipinski definition) is 4. The topological polar surface area (TPSA) is 55.1 Å². The van der Waals surface area contributed by atoms with Gasteiger partial charge in [-0.3, -0.25) is 9.48 Å². The van der Waals surface area contributed by atoms with E-state index >= 15 is 0 Å². The first-order valence-corrected chi connectivity index (χ1v) is 8.49. The van der Waals surface area contributed by atoms with Crippen molar-refractivity contribution in [1.29, 1.82) is 0 Å². The number of phenolic OH excluding ortho intramolecular Hbond substituents is 1. The summed E-state index contributed by atoms with van der Waals surface area (Å²) in [6, 6.07) is 13.5. The summed E-state index contributed by atoms with van der Waals surface area (Å²) in [6.45, 7) is 4.26. The van der Waals surface area contributed by atoms with E-state index in [1.54, 1.807) is 17.8 Å². The minimum Gasteiger partial charge on any atom is -0.507 e. The van der Waals surface area contributed by atoms with Gasteiger partial charge in [-0.25, -0.2) is 0 Å². The Bertz CT molecular complexity index is 871. The lowest BCUT2D eigenvalue weighted by Gasteiger charge is -2.07. The molecule has 118 valence electrons. The molecule has 0 aliphatic carbocycles. The molecule has 0 unspecified atom stereocenters. The first-order valence-electron chi connectivity index (χ1n) is 7.50. The molecule has 3 aromatic rings. The molecule has 1 heterocycles. The third-order valence-corrected chi connectivity index (χ3v) is 4.73. The van der Waals surface area contributed by atoms with Crippen LogP contribution in [-0.4, -0.2) is 20.7 Å². The number of Topliss-reactive ketones (excluding diaryl/α,β-unsaturated/α-hetero) is 1. The highest BCUT2D eigenvalue weighted by atomic mass is 32.2. The van der Waals surface area contributed by atoms with Crippen LogP contribution in [0.1, 0.15) is 30.0 Å². The van der Waals surface area contributed by atoms with Gasteiger partial charge in [-0.15, -0.1) is 11.8 Å². The highest BCUT2D eigenvalue weighted by Crippen LogP contribution is 2.32. The lowest BCUT2D eigenvalue weighted by Crippen LogP contribution is -2.02. The summed E-state index contributed by atoms with van der Waals surface area (Å²) >= 11 is 1.62. The molecule has 0 aliphatic heterocycles. The molecule has 0 radical (unpaired) electrons. The number of carbonyl (C=O) groups is 1. The van der Waals surface area contributed by atoms with E-state index in [9.17, 15) is 9.90 Å². The van der Waals surface area contributed by atoms with Crippen LogP contribution >= 0.6 is 11.8 Å². The predicted molar refractivity (Wildman–Crippen MR) is 93.1 cm³/mol. The molecule has 23 heavy (non-hydrogen) atoms. The van der Waals surface area contributed by atoms with E-state index in [1.807, 2.05) is 41.9 Å². The van der Waals surface area contributed by atoms with Crippen molar-refractivity contribution in [3.8, 4) is 5.75 Å². The summed E-state index contributed by atoms with van der Waals surface area (Å²) in [5.74, 6) is 0.970. The molecule has 2 aromatic carbocycles. The van der Waals surface area contributed by atoms with Crippen LogP contribution < -0.4 is 0 Å². The molecule has 0 fully saturated rings. The number of aromatic nitrogens is 2. The third kappa shape index (κ3) is 3.24. The number of rotatable bonds is 5. The molecular formula is C18H18N2O2S. The number of carbonyl (C=O) groups excluding carboxylic acids is 1. The zero-order valence-electron chi connectivity index (χ0n) is 13.1. The number of benzene rings is 2. The van der Waals surface area contributed by atoms with Gasteiger partial charge in [0.15, 0.2) is 5.78 Å². The number of aryl methyl sites for hydroxylation is 1. The molecule has 0 aliphatic rings. The van der Waals surface area contributed by atoms with E-state index in [1.165, 1.54) is 6.92 Å². The van der Waals surface area contributed by atoms with Gasteiger partial charge in [0, 0.05) is 35.2 Å². The predicted octanol–water partition coefficient (Wildman–Crippen LogP) is 4.26. The Kier molecular flexibility index (Phi) is 4.39. The third-order valence-electron chi connectivity index (χ3n) is 3.72. The number of ketones is 1. The zero-order valence-corrected chi connectivity index (χ0v) is 13.9. The largest absolute Gasteiger partial charge is 0.507 e. The van der Waals surface area contributed by atoms with E-state index in [0.29, 0.717) is 17.2 Å². The summed E-state index contributed by atoms with van der Waals surface area (Å²) in [6.07, 6.45) is 0. The molecule has 0 bridgehead atoms. The van der Waals surface area contributed by atoms with Crippen LogP contribution in [0.3, 0.4) is 0 Å². The number of nitrogens with zero attached hydrogens (tertiary/aromatic N) is 2. The first kappa shape index (κ1) is 15.6. The fraction of sp³-hybridized carbons (Fsp3) is 0.222. The maximum Gasteiger partial charge on any atom is 0.179 e. The molecule has 3 rings (SSSR count). The second-order valence-electron chi connectivity index (χ2n) is 5.35. The Morgan fingerprint density at radius 1 is 1.26 bits per heavy atom. The molecule has 0 saturated heterocycles. The van der Waals surface area contributed by atoms with Crippen LogP contribution in [0.2, 0.25) is 0 Å².